The lowest BCUT2D eigenvalue weighted by Gasteiger charge is -2.22. The van der Waals surface area contributed by atoms with Crippen molar-refractivity contribution >= 4 is 11.8 Å². The van der Waals surface area contributed by atoms with Gasteiger partial charge in [0.25, 0.3) is 0 Å². The molecule has 17 heavy (non-hydrogen) atoms. The van der Waals surface area contributed by atoms with Gasteiger partial charge in [0.15, 0.2) is 5.78 Å². The van der Waals surface area contributed by atoms with Gasteiger partial charge in [0.2, 0.25) is 0 Å². The third kappa shape index (κ3) is 2.96. The second kappa shape index (κ2) is 5.66. The van der Waals surface area contributed by atoms with Gasteiger partial charge >= 0.3 is 5.97 Å². The molecule has 1 aliphatic rings. The van der Waals surface area contributed by atoms with Crippen molar-refractivity contribution in [2.75, 3.05) is 6.61 Å². The van der Waals surface area contributed by atoms with Crippen LogP contribution in [0.2, 0.25) is 0 Å². The number of hydrogen-bond acceptors (Lipinski definition) is 4. The highest BCUT2D eigenvalue weighted by Gasteiger charge is 2.24. The van der Waals surface area contributed by atoms with E-state index in [9.17, 15) is 9.59 Å². The SMILES string of the molecule is CCOC(=O)C1=C(C)NC(C)=C(C(=O)CC)C1. The minimum Gasteiger partial charge on any atom is -0.463 e. The van der Waals surface area contributed by atoms with Gasteiger partial charge in [-0.1, -0.05) is 6.92 Å². The standard InChI is InChI=1S/C13H19NO3/c1-5-12(15)10-7-11(13(16)17-6-2)9(4)14-8(10)3/h14H,5-7H2,1-4H3. The number of esters is 1. The molecule has 0 aromatic heterocycles. The van der Waals surface area contributed by atoms with E-state index in [1.54, 1.807) is 6.92 Å². The average molecular weight is 237 g/mol. The molecule has 0 aromatic carbocycles. The molecule has 1 N–H and O–H groups in total. The summed E-state index contributed by atoms with van der Waals surface area (Å²) in [6, 6.07) is 0. The van der Waals surface area contributed by atoms with E-state index >= 15 is 0 Å². The zero-order valence-corrected chi connectivity index (χ0v) is 10.8. The van der Waals surface area contributed by atoms with Crippen LogP contribution in [0, 0.1) is 0 Å². The zero-order chi connectivity index (χ0) is 13.0. The monoisotopic (exact) mass is 237 g/mol. The first kappa shape index (κ1) is 13.5. The van der Waals surface area contributed by atoms with E-state index in [0.717, 1.165) is 11.4 Å². The minimum absolute atomic E-state index is 0.0734. The normalized spacial score (nSPS) is 15.8. The summed E-state index contributed by atoms with van der Waals surface area (Å²) < 4.78 is 4.98. The maximum atomic E-state index is 11.7. The summed E-state index contributed by atoms with van der Waals surface area (Å²) in [6.45, 7) is 7.60. The third-order valence-corrected chi connectivity index (χ3v) is 2.81. The van der Waals surface area contributed by atoms with E-state index in [4.69, 9.17) is 4.74 Å². The average Bonchev–Trinajstić information content (AvgIpc) is 2.28. The number of carbonyl (C=O) groups excluding carboxylic acids is 2. The molecular formula is C13H19NO3. The molecule has 1 rings (SSSR count). The van der Waals surface area contributed by atoms with E-state index in [-0.39, 0.29) is 11.8 Å². The summed E-state index contributed by atoms with van der Waals surface area (Å²) in [5, 5.41) is 3.07. The van der Waals surface area contributed by atoms with Gasteiger partial charge in [0.05, 0.1) is 12.2 Å². The molecule has 0 saturated heterocycles. The lowest BCUT2D eigenvalue weighted by atomic mass is 9.94. The zero-order valence-electron chi connectivity index (χ0n) is 10.8. The largest absolute Gasteiger partial charge is 0.463 e. The van der Waals surface area contributed by atoms with Gasteiger partial charge in [-0.05, 0) is 20.8 Å². The van der Waals surface area contributed by atoms with Crippen molar-refractivity contribution in [3.63, 3.8) is 0 Å². The molecule has 0 unspecified atom stereocenters. The quantitative estimate of drug-likeness (QED) is 0.760. The van der Waals surface area contributed by atoms with Crippen molar-refractivity contribution in [2.24, 2.45) is 0 Å². The van der Waals surface area contributed by atoms with Crippen molar-refractivity contribution in [3.8, 4) is 0 Å². The van der Waals surface area contributed by atoms with Gasteiger partial charge < -0.3 is 10.1 Å². The molecule has 0 spiro atoms. The Hall–Kier alpha value is -1.58. The Morgan fingerprint density at radius 1 is 1.18 bits per heavy atom. The van der Waals surface area contributed by atoms with Crippen LogP contribution in [0.25, 0.3) is 0 Å². The van der Waals surface area contributed by atoms with Crippen molar-refractivity contribution in [1.82, 2.24) is 5.32 Å². The lowest BCUT2D eigenvalue weighted by Crippen LogP contribution is -2.25. The number of allylic oxidation sites excluding steroid dienone is 3. The fourth-order valence-corrected chi connectivity index (χ4v) is 1.84. The third-order valence-electron chi connectivity index (χ3n) is 2.81. The Kier molecular flexibility index (Phi) is 4.49. The molecule has 1 heterocycles. The lowest BCUT2D eigenvalue weighted by molar-refractivity contribution is -0.138. The van der Waals surface area contributed by atoms with E-state index in [1.165, 1.54) is 0 Å². The van der Waals surface area contributed by atoms with Crippen LogP contribution in [-0.2, 0) is 14.3 Å². The Morgan fingerprint density at radius 3 is 2.29 bits per heavy atom. The summed E-state index contributed by atoms with van der Waals surface area (Å²) in [5.41, 5.74) is 2.84. The molecule has 0 aliphatic carbocycles. The van der Waals surface area contributed by atoms with Crippen molar-refractivity contribution in [1.29, 1.82) is 0 Å². The van der Waals surface area contributed by atoms with Crippen LogP contribution in [0.5, 0.6) is 0 Å². The molecule has 0 atom stereocenters. The van der Waals surface area contributed by atoms with E-state index in [1.807, 2.05) is 20.8 Å². The van der Waals surface area contributed by atoms with Crippen molar-refractivity contribution < 1.29 is 14.3 Å². The highest BCUT2D eigenvalue weighted by atomic mass is 16.5. The number of ether oxygens (including phenoxy) is 1. The minimum atomic E-state index is -0.341. The van der Waals surface area contributed by atoms with Crippen LogP contribution < -0.4 is 5.32 Å². The molecule has 0 aromatic rings. The van der Waals surface area contributed by atoms with Crippen LogP contribution in [0.3, 0.4) is 0 Å². The number of ketones is 1. The summed E-state index contributed by atoms with van der Waals surface area (Å²) in [6.07, 6.45) is 0.819. The van der Waals surface area contributed by atoms with Gasteiger partial charge in [-0.3, -0.25) is 4.79 Å². The van der Waals surface area contributed by atoms with Gasteiger partial charge in [-0.2, -0.15) is 0 Å². The van der Waals surface area contributed by atoms with Crippen LogP contribution in [0.4, 0.5) is 0 Å². The molecular weight excluding hydrogens is 218 g/mol. The molecule has 94 valence electrons. The first-order valence-corrected chi connectivity index (χ1v) is 5.88. The number of hydrogen-bond donors (Lipinski definition) is 1. The Morgan fingerprint density at radius 2 is 1.76 bits per heavy atom. The van der Waals surface area contributed by atoms with Crippen LogP contribution in [-0.4, -0.2) is 18.4 Å². The van der Waals surface area contributed by atoms with Gasteiger partial charge in [0, 0.05) is 29.8 Å². The van der Waals surface area contributed by atoms with Crippen molar-refractivity contribution in [2.45, 2.75) is 40.5 Å². The van der Waals surface area contributed by atoms with E-state index in [0.29, 0.717) is 30.6 Å². The van der Waals surface area contributed by atoms with E-state index < -0.39 is 0 Å². The number of nitrogens with one attached hydrogen (secondary N) is 1. The molecule has 0 bridgehead atoms. The highest BCUT2D eigenvalue weighted by Crippen LogP contribution is 2.24. The second-order valence-electron chi connectivity index (χ2n) is 4.01. The molecule has 0 amide bonds. The summed E-state index contributed by atoms with van der Waals surface area (Å²) in [7, 11) is 0. The van der Waals surface area contributed by atoms with Crippen LogP contribution >= 0.6 is 0 Å². The summed E-state index contributed by atoms with van der Waals surface area (Å²) in [4.78, 5) is 23.5. The van der Waals surface area contributed by atoms with Crippen LogP contribution in [0.15, 0.2) is 22.5 Å². The Balaban J connectivity index is 2.93. The number of rotatable bonds is 4. The number of Topliss-reactive ketones (excluding diaryl/α,β-unsaturated/α-hetero) is 1. The summed E-state index contributed by atoms with van der Waals surface area (Å²) in [5.74, 6) is -0.268. The molecule has 4 nitrogen and oxygen atoms in total. The van der Waals surface area contributed by atoms with Gasteiger partial charge in [0.1, 0.15) is 0 Å². The fourth-order valence-electron chi connectivity index (χ4n) is 1.84. The molecule has 0 radical (unpaired) electrons. The predicted molar refractivity (Wildman–Crippen MR) is 65.1 cm³/mol. The second-order valence-corrected chi connectivity index (χ2v) is 4.01. The maximum Gasteiger partial charge on any atom is 0.336 e. The molecule has 0 saturated carbocycles. The highest BCUT2D eigenvalue weighted by molar-refractivity contribution is 6.00. The fraction of sp³-hybridized carbons (Fsp3) is 0.538. The molecule has 4 heteroatoms. The van der Waals surface area contributed by atoms with E-state index in [2.05, 4.69) is 5.32 Å². The Labute approximate surface area is 102 Å². The molecule has 1 aliphatic heterocycles. The van der Waals surface area contributed by atoms with Crippen LogP contribution in [0.1, 0.15) is 40.5 Å². The smallest absolute Gasteiger partial charge is 0.336 e. The van der Waals surface area contributed by atoms with Gasteiger partial charge in [-0.15, -0.1) is 0 Å². The van der Waals surface area contributed by atoms with Crippen molar-refractivity contribution in [3.05, 3.63) is 22.5 Å². The first-order valence-electron chi connectivity index (χ1n) is 5.88. The number of dihydropyridines is 1. The van der Waals surface area contributed by atoms with Gasteiger partial charge in [-0.25, -0.2) is 4.79 Å². The summed E-state index contributed by atoms with van der Waals surface area (Å²) >= 11 is 0. The Bertz CT molecular complexity index is 405. The molecule has 0 fully saturated rings. The predicted octanol–water partition coefficient (Wildman–Crippen LogP) is 2.07. The topological polar surface area (TPSA) is 55.4 Å². The maximum absolute atomic E-state index is 11.7. The number of carbonyl (C=O) groups is 2. The first-order chi connectivity index (χ1) is 8.01.